The minimum Gasteiger partial charge on any atom is -0.363 e. The van der Waals surface area contributed by atoms with Crippen LogP contribution >= 0.6 is 0 Å². The number of likely N-dealkylation sites (tertiary alicyclic amines) is 1. The topological polar surface area (TPSA) is 89.4 Å². The molecule has 154 valence electrons. The minimum atomic E-state index is -0.611. The first-order valence-electron chi connectivity index (χ1n) is 9.99. The van der Waals surface area contributed by atoms with Crippen LogP contribution in [-0.2, 0) is 4.79 Å². The third-order valence-electron chi connectivity index (χ3n) is 4.44. The zero-order valence-corrected chi connectivity index (χ0v) is 17.1. The first-order chi connectivity index (χ1) is 13.4. The van der Waals surface area contributed by atoms with E-state index >= 15 is 0 Å². The molecular weight excluding hydrogens is 354 g/mol. The van der Waals surface area contributed by atoms with Gasteiger partial charge in [-0.2, -0.15) is 0 Å². The molecule has 2 fully saturated rings. The third-order valence-corrected chi connectivity index (χ3v) is 4.44. The number of hydrogen-bond donors (Lipinski definition) is 1. The summed E-state index contributed by atoms with van der Waals surface area (Å²) in [6, 6.07) is 10.9. The summed E-state index contributed by atoms with van der Waals surface area (Å²) in [4.78, 5) is 24.1. The molecule has 1 aromatic carbocycles. The van der Waals surface area contributed by atoms with E-state index < -0.39 is 5.91 Å². The van der Waals surface area contributed by atoms with Gasteiger partial charge in [0, 0.05) is 32.1 Å². The maximum absolute atomic E-state index is 11.3. The van der Waals surface area contributed by atoms with E-state index in [0.29, 0.717) is 17.5 Å². The Bertz CT molecular complexity index is 735. The number of hydrogen-bond acceptors (Lipinski definition) is 4. The zero-order chi connectivity index (χ0) is 20.5. The monoisotopic (exact) mass is 387 g/mol. The summed E-state index contributed by atoms with van der Waals surface area (Å²) in [7, 11) is 0. The van der Waals surface area contributed by atoms with Crippen LogP contribution in [0, 0.1) is 11.8 Å². The second-order valence-corrected chi connectivity index (χ2v) is 7.85. The van der Waals surface area contributed by atoms with Gasteiger partial charge in [-0.1, -0.05) is 62.7 Å². The maximum Gasteiger partial charge on any atom is 0.287 e. The predicted molar refractivity (Wildman–Crippen MR) is 112 cm³/mol. The van der Waals surface area contributed by atoms with Gasteiger partial charge in [0.15, 0.2) is 0 Å². The first kappa shape index (κ1) is 21.7. The Morgan fingerprint density at radius 3 is 2.14 bits per heavy atom. The molecule has 28 heavy (non-hydrogen) atoms. The van der Waals surface area contributed by atoms with Crippen molar-refractivity contribution in [3.63, 3.8) is 0 Å². The SMILES string of the molecule is CC(C)C.NC(=O)c1cc(-c2ccccc2)no1.O=C(C1CCC1)N1CCC1.[HH]. The molecule has 0 spiro atoms. The van der Waals surface area contributed by atoms with Crippen molar-refractivity contribution in [2.45, 2.75) is 46.5 Å². The van der Waals surface area contributed by atoms with Gasteiger partial charge in [0.25, 0.3) is 5.91 Å². The van der Waals surface area contributed by atoms with Crippen LogP contribution in [0.5, 0.6) is 0 Å². The molecule has 6 nitrogen and oxygen atoms in total. The fraction of sp³-hybridized carbons (Fsp3) is 0.500. The van der Waals surface area contributed by atoms with Gasteiger partial charge in [0.1, 0.15) is 5.69 Å². The number of nitrogens with two attached hydrogens (primary N) is 1. The number of benzene rings is 1. The Labute approximate surface area is 168 Å². The van der Waals surface area contributed by atoms with Crippen molar-refractivity contribution in [1.29, 1.82) is 0 Å². The highest BCUT2D eigenvalue weighted by atomic mass is 16.5. The summed E-state index contributed by atoms with van der Waals surface area (Å²) in [6.07, 6.45) is 4.79. The van der Waals surface area contributed by atoms with Crippen LogP contribution in [0.15, 0.2) is 40.9 Å². The van der Waals surface area contributed by atoms with E-state index in [9.17, 15) is 9.59 Å². The smallest absolute Gasteiger partial charge is 0.287 e. The van der Waals surface area contributed by atoms with Crippen LogP contribution in [0.4, 0.5) is 0 Å². The molecule has 2 aliphatic rings. The second kappa shape index (κ2) is 10.6. The summed E-state index contributed by atoms with van der Waals surface area (Å²) in [5.74, 6) is 1.14. The number of aromatic nitrogens is 1. The van der Waals surface area contributed by atoms with Gasteiger partial charge in [0.2, 0.25) is 11.7 Å². The van der Waals surface area contributed by atoms with Crippen molar-refractivity contribution in [2.75, 3.05) is 13.1 Å². The standard InChI is InChI=1S/C10H8N2O2.C8H13NO.C4H10.H2/c11-10(13)9-6-8(12-14-9)7-4-2-1-3-5-7;10-8(7-3-1-4-7)9-5-2-6-9;1-4(2)3;/h1-6H,(H2,11,13);7H,1-6H2;4H,1-3H3;1H. The van der Waals surface area contributed by atoms with E-state index in [4.69, 9.17) is 10.3 Å². The quantitative estimate of drug-likeness (QED) is 0.847. The van der Waals surface area contributed by atoms with Crippen molar-refractivity contribution in [3.05, 3.63) is 42.2 Å². The summed E-state index contributed by atoms with van der Waals surface area (Å²) in [5, 5.41) is 3.73. The molecule has 2 aromatic rings. The van der Waals surface area contributed by atoms with E-state index in [-0.39, 0.29) is 7.19 Å². The molecule has 2 amide bonds. The Morgan fingerprint density at radius 2 is 1.75 bits per heavy atom. The van der Waals surface area contributed by atoms with Crippen LogP contribution in [0.25, 0.3) is 11.3 Å². The molecule has 0 radical (unpaired) electrons. The maximum atomic E-state index is 11.3. The Morgan fingerprint density at radius 1 is 1.14 bits per heavy atom. The van der Waals surface area contributed by atoms with Crippen molar-refractivity contribution in [1.82, 2.24) is 10.1 Å². The van der Waals surface area contributed by atoms with E-state index in [1.165, 1.54) is 18.9 Å². The Kier molecular flexibility index (Phi) is 8.23. The third kappa shape index (κ3) is 6.51. The highest BCUT2D eigenvalue weighted by molar-refractivity contribution is 5.90. The van der Waals surface area contributed by atoms with Crippen LogP contribution in [-0.4, -0.2) is 35.0 Å². The lowest BCUT2D eigenvalue weighted by Gasteiger charge is -2.36. The summed E-state index contributed by atoms with van der Waals surface area (Å²) >= 11 is 0. The molecule has 1 saturated carbocycles. The number of rotatable bonds is 3. The van der Waals surface area contributed by atoms with Gasteiger partial charge in [0.05, 0.1) is 0 Å². The van der Waals surface area contributed by atoms with Crippen LogP contribution in [0.2, 0.25) is 0 Å². The normalized spacial score (nSPS) is 15.4. The molecule has 0 bridgehead atoms. The molecule has 0 atom stereocenters. The van der Waals surface area contributed by atoms with Crippen molar-refractivity contribution in [3.8, 4) is 11.3 Å². The van der Waals surface area contributed by atoms with Crippen molar-refractivity contribution >= 4 is 11.8 Å². The second-order valence-electron chi connectivity index (χ2n) is 7.85. The van der Waals surface area contributed by atoms with E-state index in [1.807, 2.05) is 35.2 Å². The molecule has 1 saturated heterocycles. The van der Waals surface area contributed by atoms with Gasteiger partial charge in [-0.05, 0) is 25.2 Å². The molecule has 6 heteroatoms. The lowest BCUT2D eigenvalue weighted by atomic mass is 9.84. The minimum absolute atomic E-state index is 0. The fourth-order valence-corrected chi connectivity index (χ4v) is 2.59. The largest absolute Gasteiger partial charge is 0.363 e. The zero-order valence-electron chi connectivity index (χ0n) is 17.1. The van der Waals surface area contributed by atoms with Gasteiger partial charge in [-0.3, -0.25) is 9.59 Å². The van der Waals surface area contributed by atoms with Crippen molar-refractivity contribution in [2.24, 2.45) is 17.6 Å². The lowest BCUT2D eigenvalue weighted by Crippen LogP contribution is -2.46. The lowest BCUT2D eigenvalue weighted by molar-refractivity contribution is -0.141. The van der Waals surface area contributed by atoms with Crippen molar-refractivity contribution < 1.29 is 15.5 Å². The number of amides is 2. The molecule has 4 rings (SSSR count). The Balaban J connectivity index is 0.000000246. The summed E-state index contributed by atoms with van der Waals surface area (Å²) < 4.78 is 4.76. The van der Waals surface area contributed by atoms with E-state index in [1.54, 1.807) is 0 Å². The molecule has 2 heterocycles. The number of nitrogens with zero attached hydrogens (tertiary/aromatic N) is 2. The highest BCUT2D eigenvalue weighted by Crippen LogP contribution is 2.29. The summed E-state index contributed by atoms with van der Waals surface area (Å²) in [6.45, 7) is 8.55. The molecule has 1 aliphatic carbocycles. The van der Waals surface area contributed by atoms with Gasteiger partial charge < -0.3 is 15.2 Å². The average molecular weight is 388 g/mol. The predicted octanol–water partition coefficient (Wildman–Crippen LogP) is 4.37. The fourth-order valence-electron chi connectivity index (χ4n) is 2.59. The molecular formula is C22H33N3O3. The van der Waals surface area contributed by atoms with Gasteiger partial charge >= 0.3 is 0 Å². The van der Waals surface area contributed by atoms with Crippen LogP contribution in [0.3, 0.4) is 0 Å². The molecule has 1 aliphatic heterocycles. The number of carbonyl (C=O) groups excluding carboxylic acids is 2. The molecule has 2 N–H and O–H groups in total. The number of carbonyl (C=O) groups is 2. The summed E-state index contributed by atoms with van der Waals surface area (Å²) in [5.41, 5.74) is 6.54. The number of primary amides is 1. The van der Waals surface area contributed by atoms with E-state index in [2.05, 4.69) is 25.9 Å². The van der Waals surface area contributed by atoms with Crippen LogP contribution < -0.4 is 5.73 Å². The first-order valence-corrected chi connectivity index (χ1v) is 9.99. The molecule has 1 aromatic heterocycles. The van der Waals surface area contributed by atoms with Gasteiger partial charge in [-0.15, -0.1) is 0 Å². The Hall–Kier alpha value is -2.63. The molecule has 0 unspecified atom stereocenters. The van der Waals surface area contributed by atoms with Crippen LogP contribution in [0.1, 0.15) is 58.4 Å². The average Bonchev–Trinajstić information content (AvgIpc) is 3.03. The van der Waals surface area contributed by atoms with Gasteiger partial charge in [-0.25, -0.2) is 0 Å². The van der Waals surface area contributed by atoms with E-state index in [0.717, 1.165) is 37.4 Å². The highest BCUT2D eigenvalue weighted by Gasteiger charge is 2.31.